The van der Waals surface area contributed by atoms with Crippen molar-refractivity contribution in [2.75, 3.05) is 11.9 Å². The number of hydrogen-bond acceptors (Lipinski definition) is 5. The van der Waals surface area contributed by atoms with Crippen LogP contribution < -0.4 is 10.2 Å². The topological polar surface area (TPSA) is 71.0 Å². The molecule has 7 heteroatoms. The molecule has 2 aromatic heterocycles. The van der Waals surface area contributed by atoms with Gasteiger partial charge in [0.15, 0.2) is 5.82 Å². The number of nitrogens with zero attached hydrogens (tertiary/aromatic N) is 4. The summed E-state index contributed by atoms with van der Waals surface area (Å²) in [5.74, 6) is 0.171. The predicted molar refractivity (Wildman–Crippen MR) is 86.6 cm³/mol. The summed E-state index contributed by atoms with van der Waals surface area (Å²) >= 11 is 5.89. The standard InChI is InChI=1S/C15H18ClN5O/c1-15(2,3)20-13(22)11-9-18-14(16)19-12(11)21(4)10-6-5-7-17-8-10/h5-9H,1-4H3,(H,20,22). The minimum atomic E-state index is -0.360. The maximum absolute atomic E-state index is 12.5. The van der Waals surface area contributed by atoms with Crippen molar-refractivity contribution >= 4 is 29.0 Å². The number of amides is 1. The Balaban J connectivity index is 2.42. The number of rotatable bonds is 3. The monoisotopic (exact) mass is 319 g/mol. The lowest BCUT2D eigenvalue weighted by Crippen LogP contribution is -2.41. The molecule has 0 aliphatic heterocycles. The van der Waals surface area contributed by atoms with Gasteiger partial charge in [-0.05, 0) is 44.5 Å². The molecule has 2 heterocycles. The maximum Gasteiger partial charge on any atom is 0.257 e. The van der Waals surface area contributed by atoms with Crippen molar-refractivity contribution in [3.63, 3.8) is 0 Å². The van der Waals surface area contributed by atoms with Gasteiger partial charge >= 0.3 is 0 Å². The van der Waals surface area contributed by atoms with Gasteiger partial charge in [-0.25, -0.2) is 4.98 Å². The molecule has 22 heavy (non-hydrogen) atoms. The smallest absolute Gasteiger partial charge is 0.257 e. The first kappa shape index (κ1) is 16.2. The summed E-state index contributed by atoms with van der Waals surface area (Å²) in [5, 5.41) is 2.98. The zero-order chi connectivity index (χ0) is 16.3. The van der Waals surface area contributed by atoms with E-state index in [1.807, 2.05) is 32.9 Å². The van der Waals surface area contributed by atoms with Crippen LogP contribution in [0.5, 0.6) is 0 Å². The van der Waals surface area contributed by atoms with Gasteiger partial charge in [0.25, 0.3) is 5.91 Å². The predicted octanol–water partition coefficient (Wildman–Crippen LogP) is 2.82. The summed E-state index contributed by atoms with van der Waals surface area (Å²) in [5.41, 5.74) is 0.786. The van der Waals surface area contributed by atoms with Crippen LogP contribution in [0.1, 0.15) is 31.1 Å². The summed E-state index contributed by atoms with van der Waals surface area (Å²) in [6.45, 7) is 5.73. The molecule has 6 nitrogen and oxygen atoms in total. The fraction of sp³-hybridized carbons (Fsp3) is 0.333. The van der Waals surface area contributed by atoms with E-state index in [4.69, 9.17) is 11.6 Å². The molecule has 0 unspecified atom stereocenters. The Morgan fingerprint density at radius 3 is 2.64 bits per heavy atom. The third-order valence-electron chi connectivity index (χ3n) is 2.82. The van der Waals surface area contributed by atoms with Crippen molar-refractivity contribution in [1.29, 1.82) is 0 Å². The highest BCUT2D eigenvalue weighted by Gasteiger charge is 2.22. The second-order valence-corrected chi connectivity index (χ2v) is 6.19. The fourth-order valence-electron chi connectivity index (χ4n) is 1.85. The Morgan fingerprint density at radius 2 is 2.05 bits per heavy atom. The highest BCUT2D eigenvalue weighted by molar-refractivity contribution is 6.28. The first-order valence-electron chi connectivity index (χ1n) is 6.77. The Hall–Kier alpha value is -2.21. The van der Waals surface area contributed by atoms with Gasteiger partial charge in [-0.1, -0.05) is 0 Å². The van der Waals surface area contributed by atoms with Gasteiger partial charge in [-0.2, -0.15) is 4.98 Å². The van der Waals surface area contributed by atoms with Crippen LogP contribution in [0.2, 0.25) is 5.28 Å². The summed E-state index contributed by atoms with van der Waals surface area (Å²) in [6.07, 6.45) is 4.79. The Bertz CT molecular complexity index is 669. The lowest BCUT2D eigenvalue weighted by atomic mass is 10.1. The Labute approximate surface area is 134 Å². The van der Waals surface area contributed by atoms with Gasteiger partial charge in [0.1, 0.15) is 5.56 Å². The van der Waals surface area contributed by atoms with Gasteiger partial charge in [-0.3, -0.25) is 9.78 Å². The number of anilines is 2. The lowest BCUT2D eigenvalue weighted by Gasteiger charge is -2.24. The summed E-state index contributed by atoms with van der Waals surface area (Å²) < 4.78 is 0. The highest BCUT2D eigenvalue weighted by Crippen LogP contribution is 2.25. The first-order valence-corrected chi connectivity index (χ1v) is 7.14. The maximum atomic E-state index is 12.5. The van der Waals surface area contributed by atoms with Crippen molar-refractivity contribution in [2.24, 2.45) is 0 Å². The summed E-state index contributed by atoms with van der Waals surface area (Å²) in [7, 11) is 1.80. The molecule has 2 rings (SSSR count). The van der Waals surface area contributed by atoms with Crippen LogP contribution in [0.4, 0.5) is 11.5 Å². The summed E-state index contributed by atoms with van der Waals surface area (Å²) in [6, 6.07) is 3.68. The van der Waals surface area contributed by atoms with E-state index in [9.17, 15) is 4.79 Å². The Kier molecular flexibility index (Phi) is 4.61. The molecule has 0 spiro atoms. The van der Waals surface area contributed by atoms with E-state index >= 15 is 0 Å². The van der Waals surface area contributed by atoms with Gasteiger partial charge in [-0.15, -0.1) is 0 Å². The number of nitrogens with one attached hydrogen (secondary N) is 1. The largest absolute Gasteiger partial charge is 0.347 e. The molecule has 0 saturated heterocycles. The lowest BCUT2D eigenvalue weighted by molar-refractivity contribution is 0.0919. The van der Waals surface area contributed by atoms with Gasteiger partial charge in [0.2, 0.25) is 5.28 Å². The molecule has 1 amide bonds. The van der Waals surface area contributed by atoms with Gasteiger partial charge < -0.3 is 10.2 Å². The molecular weight excluding hydrogens is 302 g/mol. The van der Waals surface area contributed by atoms with E-state index in [1.54, 1.807) is 24.3 Å². The van der Waals surface area contributed by atoms with E-state index in [0.29, 0.717) is 11.4 Å². The number of aromatic nitrogens is 3. The normalized spacial score (nSPS) is 11.1. The van der Waals surface area contributed by atoms with Crippen molar-refractivity contribution in [3.05, 3.63) is 41.6 Å². The van der Waals surface area contributed by atoms with E-state index in [1.165, 1.54) is 6.20 Å². The minimum absolute atomic E-state index is 0.0815. The number of pyridine rings is 1. The SMILES string of the molecule is CN(c1cccnc1)c1nc(Cl)ncc1C(=O)NC(C)(C)C. The fourth-order valence-corrected chi connectivity index (χ4v) is 1.98. The molecular formula is C15H18ClN5O. The quantitative estimate of drug-likeness (QED) is 0.881. The zero-order valence-corrected chi connectivity index (χ0v) is 13.7. The van der Waals surface area contributed by atoms with Crippen LogP contribution in [-0.4, -0.2) is 33.4 Å². The number of carbonyl (C=O) groups is 1. The molecule has 116 valence electrons. The molecule has 0 aliphatic rings. The average molecular weight is 320 g/mol. The molecule has 0 saturated carbocycles. The minimum Gasteiger partial charge on any atom is -0.347 e. The van der Waals surface area contributed by atoms with Gasteiger partial charge in [0.05, 0.1) is 11.9 Å². The molecule has 0 aromatic carbocycles. The third kappa shape index (κ3) is 3.92. The molecule has 0 atom stereocenters. The van der Waals surface area contributed by atoms with Crippen LogP contribution in [0.25, 0.3) is 0 Å². The number of hydrogen-bond donors (Lipinski definition) is 1. The van der Waals surface area contributed by atoms with Crippen LogP contribution >= 0.6 is 11.6 Å². The van der Waals surface area contributed by atoms with Crippen molar-refractivity contribution in [3.8, 4) is 0 Å². The van der Waals surface area contributed by atoms with E-state index in [0.717, 1.165) is 5.69 Å². The molecule has 2 aromatic rings. The molecule has 1 N–H and O–H groups in total. The molecule has 0 aliphatic carbocycles. The van der Waals surface area contributed by atoms with Gasteiger partial charge in [0, 0.05) is 25.0 Å². The van der Waals surface area contributed by atoms with Crippen LogP contribution in [0.15, 0.2) is 30.7 Å². The van der Waals surface area contributed by atoms with E-state index < -0.39 is 0 Å². The summed E-state index contributed by atoms with van der Waals surface area (Å²) in [4.78, 5) is 26.4. The molecule has 0 radical (unpaired) electrons. The van der Waals surface area contributed by atoms with Crippen molar-refractivity contribution in [2.45, 2.75) is 26.3 Å². The second kappa shape index (κ2) is 6.27. The zero-order valence-electron chi connectivity index (χ0n) is 13.0. The van der Waals surface area contributed by atoms with Crippen LogP contribution in [0, 0.1) is 0 Å². The van der Waals surface area contributed by atoms with Crippen molar-refractivity contribution in [1.82, 2.24) is 20.3 Å². The first-order chi connectivity index (χ1) is 10.3. The molecule has 0 fully saturated rings. The average Bonchev–Trinajstić information content (AvgIpc) is 2.45. The number of halogens is 1. The Morgan fingerprint density at radius 1 is 1.32 bits per heavy atom. The molecule has 0 bridgehead atoms. The van der Waals surface area contributed by atoms with Crippen molar-refractivity contribution < 1.29 is 4.79 Å². The number of carbonyl (C=O) groups excluding carboxylic acids is 1. The highest BCUT2D eigenvalue weighted by atomic mass is 35.5. The third-order valence-corrected chi connectivity index (χ3v) is 3.01. The van der Waals surface area contributed by atoms with Crippen LogP contribution in [0.3, 0.4) is 0 Å². The van der Waals surface area contributed by atoms with E-state index in [2.05, 4.69) is 20.3 Å². The van der Waals surface area contributed by atoms with E-state index in [-0.39, 0.29) is 16.7 Å². The van der Waals surface area contributed by atoms with Crippen LogP contribution in [-0.2, 0) is 0 Å². The second-order valence-electron chi connectivity index (χ2n) is 5.85.